The van der Waals surface area contributed by atoms with Gasteiger partial charge in [-0.25, -0.2) is 4.79 Å². The van der Waals surface area contributed by atoms with Gasteiger partial charge in [0.25, 0.3) is 0 Å². The summed E-state index contributed by atoms with van der Waals surface area (Å²) >= 11 is 0. The van der Waals surface area contributed by atoms with Gasteiger partial charge in [0, 0.05) is 13.2 Å². The number of nitrogens with zero attached hydrogens (tertiary/aromatic N) is 4. The second-order valence-electron chi connectivity index (χ2n) is 3.08. The van der Waals surface area contributed by atoms with Crippen LogP contribution in [-0.4, -0.2) is 37.8 Å². The molecule has 0 unspecified atom stereocenters. The van der Waals surface area contributed by atoms with Crippen molar-refractivity contribution in [3.05, 3.63) is 18.0 Å². The van der Waals surface area contributed by atoms with Crippen molar-refractivity contribution in [2.45, 2.75) is 6.92 Å². The van der Waals surface area contributed by atoms with Crippen molar-refractivity contribution in [1.82, 2.24) is 25.2 Å². The Labute approximate surface area is 91.4 Å². The van der Waals surface area contributed by atoms with Crippen LogP contribution in [0.15, 0.2) is 12.3 Å². The van der Waals surface area contributed by atoms with Crippen molar-refractivity contribution >= 4 is 5.97 Å². The summed E-state index contributed by atoms with van der Waals surface area (Å²) in [4.78, 5) is 11.6. The Kier molecular flexibility index (Phi) is 2.67. The van der Waals surface area contributed by atoms with E-state index in [0.29, 0.717) is 18.0 Å². The highest BCUT2D eigenvalue weighted by atomic mass is 16.5. The van der Waals surface area contributed by atoms with Gasteiger partial charge in [-0.15, -0.1) is 5.10 Å². The molecule has 2 rings (SSSR count). The monoisotopic (exact) mass is 221 g/mol. The molecule has 0 saturated heterocycles. The van der Waals surface area contributed by atoms with Crippen LogP contribution in [0.5, 0.6) is 0 Å². The third kappa shape index (κ3) is 1.67. The lowest BCUT2D eigenvalue weighted by Crippen LogP contribution is -2.07. The molecule has 84 valence electrons. The summed E-state index contributed by atoms with van der Waals surface area (Å²) in [7, 11) is 1.76. The molecule has 2 heterocycles. The molecular formula is C9H11N5O2. The van der Waals surface area contributed by atoms with Crippen molar-refractivity contribution in [2.75, 3.05) is 6.61 Å². The number of hydrogen-bond donors (Lipinski definition) is 1. The summed E-state index contributed by atoms with van der Waals surface area (Å²) in [5.41, 5.74) is 1.32. The number of carbonyl (C=O) groups is 1. The van der Waals surface area contributed by atoms with Gasteiger partial charge >= 0.3 is 5.97 Å². The third-order valence-electron chi connectivity index (χ3n) is 2.08. The summed E-state index contributed by atoms with van der Waals surface area (Å²) in [5.74, 6) is -0.493. The molecule has 0 saturated carbocycles. The molecule has 0 aliphatic heterocycles. The average Bonchev–Trinajstić information content (AvgIpc) is 2.85. The highest BCUT2D eigenvalue weighted by Gasteiger charge is 2.20. The van der Waals surface area contributed by atoms with E-state index in [0.717, 1.165) is 0 Å². The van der Waals surface area contributed by atoms with Crippen molar-refractivity contribution < 1.29 is 9.53 Å². The van der Waals surface area contributed by atoms with Gasteiger partial charge in [0.2, 0.25) is 0 Å². The van der Waals surface area contributed by atoms with E-state index in [2.05, 4.69) is 20.5 Å². The normalized spacial score (nSPS) is 10.4. The Morgan fingerprint density at radius 3 is 3.00 bits per heavy atom. The predicted octanol–water partition coefficient (Wildman–Crippen LogP) is 0.382. The number of carbonyl (C=O) groups excluding carboxylic acids is 1. The van der Waals surface area contributed by atoms with E-state index < -0.39 is 5.97 Å². The van der Waals surface area contributed by atoms with Gasteiger partial charge < -0.3 is 4.74 Å². The zero-order valence-electron chi connectivity index (χ0n) is 8.97. The molecule has 7 nitrogen and oxygen atoms in total. The first-order valence-electron chi connectivity index (χ1n) is 4.80. The summed E-state index contributed by atoms with van der Waals surface area (Å²) in [6, 6.07) is 1.75. The van der Waals surface area contributed by atoms with Gasteiger partial charge in [0.1, 0.15) is 5.69 Å². The van der Waals surface area contributed by atoms with Crippen LogP contribution < -0.4 is 0 Å². The molecule has 0 aromatic carbocycles. The number of aromatic nitrogens is 5. The van der Waals surface area contributed by atoms with Crippen LogP contribution in [0, 0.1) is 0 Å². The third-order valence-corrected chi connectivity index (χ3v) is 2.08. The molecule has 0 fully saturated rings. The Balaban J connectivity index is 2.40. The molecule has 2 aromatic heterocycles. The minimum Gasteiger partial charge on any atom is -0.461 e. The first-order valence-corrected chi connectivity index (χ1v) is 4.80. The lowest BCUT2D eigenvalue weighted by atomic mass is 10.2. The molecule has 0 radical (unpaired) electrons. The van der Waals surface area contributed by atoms with Crippen LogP contribution in [0.1, 0.15) is 17.4 Å². The number of hydrogen-bond acceptors (Lipinski definition) is 5. The van der Waals surface area contributed by atoms with Crippen LogP contribution in [0.4, 0.5) is 0 Å². The summed E-state index contributed by atoms with van der Waals surface area (Å²) in [5, 5.41) is 14.1. The van der Waals surface area contributed by atoms with Crippen LogP contribution in [0.25, 0.3) is 11.4 Å². The van der Waals surface area contributed by atoms with Gasteiger partial charge in [-0.2, -0.15) is 15.4 Å². The lowest BCUT2D eigenvalue weighted by molar-refractivity contribution is 0.0520. The van der Waals surface area contributed by atoms with E-state index in [9.17, 15) is 4.79 Å². The number of ether oxygens (including phenoxy) is 1. The van der Waals surface area contributed by atoms with E-state index in [-0.39, 0.29) is 5.69 Å². The van der Waals surface area contributed by atoms with Gasteiger partial charge in [0.05, 0.1) is 12.3 Å². The average molecular weight is 221 g/mol. The minimum absolute atomic E-state index is 0.172. The molecule has 16 heavy (non-hydrogen) atoms. The smallest absolute Gasteiger partial charge is 0.361 e. The summed E-state index contributed by atoms with van der Waals surface area (Å²) in [6.07, 6.45) is 1.62. The molecule has 0 amide bonds. The molecule has 0 bridgehead atoms. The number of aromatic amines is 1. The van der Waals surface area contributed by atoms with Gasteiger partial charge in [-0.3, -0.25) is 4.68 Å². The highest BCUT2D eigenvalue weighted by molar-refractivity contribution is 5.93. The van der Waals surface area contributed by atoms with E-state index >= 15 is 0 Å². The van der Waals surface area contributed by atoms with Gasteiger partial charge in [-0.1, -0.05) is 0 Å². The van der Waals surface area contributed by atoms with Crippen molar-refractivity contribution in [3.63, 3.8) is 0 Å². The zero-order valence-corrected chi connectivity index (χ0v) is 8.97. The second kappa shape index (κ2) is 4.13. The minimum atomic E-state index is -0.493. The molecule has 0 atom stereocenters. The molecule has 7 heteroatoms. The van der Waals surface area contributed by atoms with Crippen LogP contribution in [0.2, 0.25) is 0 Å². The summed E-state index contributed by atoms with van der Waals surface area (Å²) < 4.78 is 6.49. The van der Waals surface area contributed by atoms with Gasteiger partial charge in [-0.05, 0) is 13.0 Å². The van der Waals surface area contributed by atoms with Crippen molar-refractivity contribution in [1.29, 1.82) is 0 Å². The topological polar surface area (TPSA) is 85.7 Å². The van der Waals surface area contributed by atoms with E-state index in [4.69, 9.17) is 4.74 Å². The highest BCUT2D eigenvalue weighted by Crippen LogP contribution is 2.18. The number of nitrogens with one attached hydrogen (secondary N) is 1. The largest absolute Gasteiger partial charge is 0.461 e. The molecule has 1 N–H and O–H groups in total. The quantitative estimate of drug-likeness (QED) is 0.757. The Morgan fingerprint density at radius 2 is 2.38 bits per heavy atom. The molecule has 0 spiro atoms. The fourth-order valence-corrected chi connectivity index (χ4v) is 1.36. The van der Waals surface area contributed by atoms with E-state index in [1.807, 2.05) is 0 Å². The molecule has 2 aromatic rings. The predicted molar refractivity (Wildman–Crippen MR) is 54.5 cm³/mol. The Hall–Kier alpha value is -2.18. The molecular weight excluding hydrogens is 210 g/mol. The maximum atomic E-state index is 11.6. The van der Waals surface area contributed by atoms with Crippen LogP contribution in [0.3, 0.4) is 0 Å². The SMILES string of the molecule is CCOC(=O)c1n[nH]nc1-c1ccnn1C. The Bertz CT molecular complexity index is 501. The van der Waals surface area contributed by atoms with Crippen molar-refractivity contribution in [3.8, 4) is 11.4 Å². The fraction of sp³-hybridized carbons (Fsp3) is 0.333. The number of H-pyrrole nitrogens is 1. The molecule has 0 aliphatic carbocycles. The first kappa shape index (κ1) is 10.3. The van der Waals surface area contributed by atoms with Crippen LogP contribution in [-0.2, 0) is 11.8 Å². The first-order chi connectivity index (χ1) is 7.74. The Morgan fingerprint density at radius 1 is 1.56 bits per heavy atom. The maximum absolute atomic E-state index is 11.6. The zero-order chi connectivity index (χ0) is 11.5. The standard InChI is InChI=1S/C9H11N5O2/c1-3-16-9(15)8-7(11-13-12-8)6-4-5-10-14(6)2/h4-5H,3H2,1-2H3,(H,11,12,13). The fourth-order valence-electron chi connectivity index (χ4n) is 1.36. The number of esters is 1. The number of rotatable bonds is 3. The molecule has 0 aliphatic rings. The van der Waals surface area contributed by atoms with Crippen molar-refractivity contribution in [2.24, 2.45) is 7.05 Å². The maximum Gasteiger partial charge on any atom is 0.361 e. The van der Waals surface area contributed by atoms with Gasteiger partial charge in [0.15, 0.2) is 5.69 Å². The summed E-state index contributed by atoms with van der Waals surface area (Å²) in [6.45, 7) is 2.04. The van der Waals surface area contributed by atoms with Crippen LogP contribution >= 0.6 is 0 Å². The lowest BCUT2D eigenvalue weighted by Gasteiger charge is -2.00. The van der Waals surface area contributed by atoms with E-state index in [1.54, 1.807) is 30.9 Å². The van der Waals surface area contributed by atoms with E-state index in [1.165, 1.54) is 0 Å². The number of aryl methyl sites for hydroxylation is 1. The second-order valence-corrected chi connectivity index (χ2v) is 3.08.